The maximum absolute atomic E-state index is 6.03. The van der Waals surface area contributed by atoms with Gasteiger partial charge in [0.15, 0.2) is 0 Å². The van der Waals surface area contributed by atoms with Crippen LogP contribution >= 0.6 is 23.2 Å². The van der Waals surface area contributed by atoms with Crippen LogP contribution in [0, 0.1) is 6.92 Å². The molecule has 0 radical (unpaired) electrons. The fourth-order valence-electron chi connectivity index (χ4n) is 2.06. The summed E-state index contributed by atoms with van der Waals surface area (Å²) >= 11 is 11.9. The van der Waals surface area contributed by atoms with Crippen molar-refractivity contribution in [3.63, 3.8) is 0 Å². The molecule has 19 heavy (non-hydrogen) atoms. The highest BCUT2D eigenvalue weighted by Gasteiger charge is 2.11. The Bertz CT molecular complexity index is 570. The lowest BCUT2D eigenvalue weighted by Crippen LogP contribution is -2.29. The van der Waals surface area contributed by atoms with E-state index < -0.39 is 0 Å². The van der Waals surface area contributed by atoms with Crippen molar-refractivity contribution in [2.45, 2.75) is 19.4 Å². The van der Waals surface area contributed by atoms with E-state index in [0.717, 1.165) is 17.5 Å². The molecule has 100 valence electrons. The molecule has 0 amide bonds. The van der Waals surface area contributed by atoms with Crippen molar-refractivity contribution in [1.82, 2.24) is 5.43 Å². The van der Waals surface area contributed by atoms with Crippen LogP contribution in [0.3, 0.4) is 0 Å². The van der Waals surface area contributed by atoms with Crippen molar-refractivity contribution < 1.29 is 0 Å². The van der Waals surface area contributed by atoms with E-state index in [1.54, 1.807) is 0 Å². The molecule has 0 aliphatic carbocycles. The lowest BCUT2D eigenvalue weighted by molar-refractivity contribution is 0.551. The summed E-state index contributed by atoms with van der Waals surface area (Å²) in [4.78, 5) is 0. The Balaban J connectivity index is 2.21. The molecule has 0 spiro atoms. The third-order valence-electron chi connectivity index (χ3n) is 3.07. The van der Waals surface area contributed by atoms with Gasteiger partial charge in [0.05, 0.1) is 10.0 Å². The van der Waals surface area contributed by atoms with Gasteiger partial charge in [0.2, 0.25) is 0 Å². The molecule has 0 bridgehead atoms. The van der Waals surface area contributed by atoms with E-state index in [4.69, 9.17) is 29.0 Å². The van der Waals surface area contributed by atoms with Gasteiger partial charge in [-0.1, -0.05) is 59.1 Å². The van der Waals surface area contributed by atoms with Crippen molar-refractivity contribution >= 4 is 23.2 Å². The maximum atomic E-state index is 6.03. The highest BCUT2D eigenvalue weighted by atomic mass is 35.5. The van der Waals surface area contributed by atoms with Crippen LogP contribution in [0.2, 0.25) is 10.0 Å². The number of rotatable bonds is 4. The molecule has 0 aliphatic rings. The number of aryl methyl sites for hydroxylation is 1. The van der Waals surface area contributed by atoms with Crippen molar-refractivity contribution in [3.05, 3.63) is 69.2 Å². The molecule has 3 N–H and O–H groups in total. The zero-order chi connectivity index (χ0) is 13.8. The Hall–Kier alpha value is -1.06. The Kier molecular flexibility index (Phi) is 4.83. The molecule has 2 rings (SSSR count). The second-order valence-electron chi connectivity index (χ2n) is 4.59. The molecule has 2 nitrogen and oxygen atoms in total. The van der Waals surface area contributed by atoms with E-state index in [9.17, 15) is 0 Å². The van der Waals surface area contributed by atoms with Gasteiger partial charge in [0, 0.05) is 6.04 Å². The summed E-state index contributed by atoms with van der Waals surface area (Å²) in [5, 5.41) is 1.14. The molecule has 1 unspecified atom stereocenters. The van der Waals surface area contributed by atoms with Gasteiger partial charge in [-0.3, -0.25) is 11.3 Å². The molecular weight excluding hydrogens is 279 g/mol. The molecule has 0 saturated heterocycles. The first-order valence-electron chi connectivity index (χ1n) is 6.07. The summed E-state index contributed by atoms with van der Waals surface area (Å²) < 4.78 is 0. The van der Waals surface area contributed by atoms with Gasteiger partial charge in [0.25, 0.3) is 0 Å². The smallest absolute Gasteiger partial charge is 0.0595 e. The standard InChI is InChI=1S/C15H16Cl2N2/c1-10-3-2-4-12(7-10)15(19-18)9-11-5-6-13(16)14(17)8-11/h2-8,15,19H,9,18H2,1H3. The van der Waals surface area contributed by atoms with Crippen LogP contribution in [0.1, 0.15) is 22.7 Å². The fraction of sp³-hybridized carbons (Fsp3) is 0.200. The summed E-state index contributed by atoms with van der Waals surface area (Å²) in [7, 11) is 0. The summed E-state index contributed by atoms with van der Waals surface area (Å²) in [6.45, 7) is 2.07. The summed E-state index contributed by atoms with van der Waals surface area (Å²) in [5.74, 6) is 5.66. The van der Waals surface area contributed by atoms with E-state index >= 15 is 0 Å². The monoisotopic (exact) mass is 294 g/mol. The number of hydrogen-bond donors (Lipinski definition) is 2. The number of nitrogens with one attached hydrogen (secondary N) is 1. The zero-order valence-electron chi connectivity index (χ0n) is 10.7. The highest BCUT2D eigenvalue weighted by molar-refractivity contribution is 6.42. The van der Waals surface area contributed by atoms with E-state index in [1.807, 2.05) is 24.3 Å². The minimum absolute atomic E-state index is 0.0529. The first kappa shape index (κ1) is 14.4. The minimum Gasteiger partial charge on any atom is -0.271 e. The van der Waals surface area contributed by atoms with Crippen molar-refractivity contribution in [2.75, 3.05) is 0 Å². The summed E-state index contributed by atoms with van der Waals surface area (Å²) in [6.07, 6.45) is 0.761. The van der Waals surface area contributed by atoms with Gasteiger partial charge in [-0.15, -0.1) is 0 Å². The van der Waals surface area contributed by atoms with Gasteiger partial charge in [-0.2, -0.15) is 0 Å². The SMILES string of the molecule is Cc1cccc(C(Cc2ccc(Cl)c(Cl)c2)NN)c1. The number of halogens is 2. The lowest BCUT2D eigenvalue weighted by Gasteiger charge is -2.17. The van der Waals surface area contributed by atoms with Crippen molar-refractivity contribution in [1.29, 1.82) is 0 Å². The lowest BCUT2D eigenvalue weighted by atomic mass is 9.98. The largest absolute Gasteiger partial charge is 0.271 e. The zero-order valence-corrected chi connectivity index (χ0v) is 12.2. The number of benzene rings is 2. The van der Waals surface area contributed by atoms with Crippen LogP contribution < -0.4 is 11.3 Å². The van der Waals surface area contributed by atoms with Crippen LogP contribution in [0.5, 0.6) is 0 Å². The Morgan fingerprint density at radius 1 is 1.11 bits per heavy atom. The van der Waals surface area contributed by atoms with Crippen LogP contribution in [0.15, 0.2) is 42.5 Å². The predicted octanol–water partition coefficient (Wildman–Crippen LogP) is 4.05. The fourth-order valence-corrected chi connectivity index (χ4v) is 2.38. The molecule has 0 saturated carbocycles. The Morgan fingerprint density at radius 3 is 2.53 bits per heavy atom. The second kappa shape index (κ2) is 6.40. The van der Waals surface area contributed by atoms with Crippen molar-refractivity contribution in [3.8, 4) is 0 Å². The molecule has 0 fully saturated rings. The van der Waals surface area contributed by atoms with Gasteiger partial charge >= 0.3 is 0 Å². The topological polar surface area (TPSA) is 38.0 Å². The van der Waals surface area contributed by atoms with Crippen LogP contribution in [0.4, 0.5) is 0 Å². The van der Waals surface area contributed by atoms with E-state index in [-0.39, 0.29) is 6.04 Å². The molecular formula is C15H16Cl2N2. The third kappa shape index (κ3) is 3.71. The molecule has 2 aromatic carbocycles. The third-order valence-corrected chi connectivity index (χ3v) is 3.81. The van der Waals surface area contributed by atoms with Crippen LogP contribution in [-0.2, 0) is 6.42 Å². The average molecular weight is 295 g/mol. The van der Waals surface area contributed by atoms with Gasteiger partial charge < -0.3 is 0 Å². The first-order chi connectivity index (χ1) is 9.10. The Morgan fingerprint density at radius 2 is 1.89 bits per heavy atom. The number of hydrogen-bond acceptors (Lipinski definition) is 2. The number of nitrogens with two attached hydrogens (primary N) is 1. The highest BCUT2D eigenvalue weighted by Crippen LogP contribution is 2.25. The van der Waals surface area contributed by atoms with Gasteiger partial charge in [-0.25, -0.2) is 0 Å². The first-order valence-corrected chi connectivity index (χ1v) is 6.82. The molecule has 4 heteroatoms. The summed E-state index contributed by atoms with van der Waals surface area (Å²) in [6, 6.07) is 14.0. The van der Waals surface area contributed by atoms with E-state index in [0.29, 0.717) is 10.0 Å². The van der Waals surface area contributed by atoms with Gasteiger partial charge in [-0.05, 0) is 36.6 Å². The van der Waals surface area contributed by atoms with Gasteiger partial charge in [0.1, 0.15) is 0 Å². The quantitative estimate of drug-likeness (QED) is 0.659. The number of hydrazine groups is 1. The minimum atomic E-state index is 0.0529. The second-order valence-corrected chi connectivity index (χ2v) is 5.40. The predicted molar refractivity (Wildman–Crippen MR) is 81.4 cm³/mol. The molecule has 1 atom stereocenters. The molecule has 0 aromatic heterocycles. The molecule has 0 aliphatic heterocycles. The maximum Gasteiger partial charge on any atom is 0.0595 e. The average Bonchev–Trinajstić information content (AvgIpc) is 2.40. The molecule has 2 aromatic rings. The van der Waals surface area contributed by atoms with Crippen LogP contribution in [0.25, 0.3) is 0 Å². The van der Waals surface area contributed by atoms with E-state index in [1.165, 1.54) is 5.56 Å². The summed E-state index contributed by atoms with van der Waals surface area (Å²) in [5.41, 5.74) is 6.32. The van der Waals surface area contributed by atoms with Crippen molar-refractivity contribution in [2.24, 2.45) is 5.84 Å². The Labute approximate surface area is 123 Å². The normalized spacial score (nSPS) is 12.4. The van der Waals surface area contributed by atoms with E-state index in [2.05, 4.69) is 30.5 Å². The molecule has 0 heterocycles. The van der Waals surface area contributed by atoms with Crippen LogP contribution in [-0.4, -0.2) is 0 Å².